The van der Waals surface area contributed by atoms with Gasteiger partial charge in [-0.25, -0.2) is 0 Å². The van der Waals surface area contributed by atoms with Gasteiger partial charge in [-0.2, -0.15) is 0 Å². The molecule has 158 valence electrons. The van der Waals surface area contributed by atoms with Crippen LogP contribution < -0.4 is 14.8 Å². The fourth-order valence-electron chi connectivity index (χ4n) is 3.94. The highest BCUT2D eigenvalue weighted by Gasteiger charge is 2.13. The number of benzene rings is 2. The normalized spacial score (nSPS) is 14.5. The first kappa shape index (κ1) is 21.5. The Morgan fingerprint density at radius 3 is 2.14 bits per heavy atom. The number of hydrogen-bond donors (Lipinski definition) is 1. The van der Waals surface area contributed by atoms with Gasteiger partial charge in [0.1, 0.15) is 11.5 Å². The first-order chi connectivity index (χ1) is 14.3. The van der Waals surface area contributed by atoms with Crippen molar-refractivity contribution in [3.63, 3.8) is 0 Å². The van der Waals surface area contributed by atoms with Gasteiger partial charge in [-0.3, -0.25) is 0 Å². The summed E-state index contributed by atoms with van der Waals surface area (Å²) in [4.78, 5) is 0. The van der Waals surface area contributed by atoms with Gasteiger partial charge in [0.2, 0.25) is 0 Å². The molecule has 0 heterocycles. The number of nitrogens with one attached hydrogen (secondary N) is 1. The van der Waals surface area contributed by atoms with Crippen molar-refractivity contribution in [3.05, 3.63) is 54.1 Å². The highest BCUT2D eigenvalue weighted by Crippen LogP contribution is 2.26. The summed E-state index contributed by atoms with van der Waals surface area (Å²) >= 11 is 0. The summed E-state index contributed by atoms with van der Waals surface area (Å²) in [6, 6.07) is 16.7. The van der Waals surface area contributed by atoms with E-state index in [0.717, 1.165) is 49.3 Å². The summed E-state index contributed by atoms with van der Waals surface area (Å²) in [5.41, 5.74) is 2.36. The van der Waals surface area contributed by atoms with Crippen molar-refractivity contribution in [1.29, 1.82) is 0 Å². The molecule has 0 saturated heterocycles. The highest BCUT2D eigenvalue weighted by atomic mass is 16.5. The van der Waals surface area contributed by atoms with Crippen molar-refractivity contribution in [2.75, 3.05) is 18.5 Å². The maximum absolute atomic E-state index is 5.95. The Kier molecular flexibility index (Phi) is 9.22. The van der Waals surface area contributed by atoms with E-state index in [4.69, 9.17) is 9.47 Å². The summed E-state index contributed by atoms with van der Waals surface area (Å²) in [6.07, 6.45) is 11.8. The molecule has 0 amide bonds. The van der Waals surface area contributed by atoms with Gasteiger partial charge in [-0.15, -0.1) is 0 Å². The fourth-order valence-corrected chi connectivity index (χ4v) is 3.94. The maximum atomic E-state index is 5.95. The second-order valence-electron chi connectivity index (χ2n) is 8.22. The molecule has 1 N–H and O–H groups in total. The van der Waals surface area contributed by atoms with Crippen LogP contribution in [-0.2, 0) is 6.54 Å². The number of unbranched alkanes of at least 4 members (excludes halogenated alkanes) is 2. The van der Waals surface area contributed by atoms with Crippen molar-refractivity contribution < 1.29 is 9.47 Å². The quantitative estimate of drug-likeness (QED) is 0.385. The van der Waals surface area contributed by atoms with Crippen LogP contribution in [-0.4, -0.2) is 13.2 Å². The molecule has 0 aromatic heterocycles. The van der Waals surface area contributed by atoms with Crippen LogP contribution in [0.1, 0.15) is 70.3 Å². The molecule has 3 heteroatoms. The Hall–Kier alpha value is -2.16. The number of ether oxygens (including phenoxy) is 2. The molecule has 0 bridgehead atoms. The Bertz CT molecular complexity index is 675. The molecule has 3 nitrogen and oxygen atoms in total. The molecule has 0 unspecified atom stereocenters. The van der Waals surface area contributed by atoms with Crippen LogP contribution in [0.15, 0.2) is 48.5 Å². The molecule has 0 aliphatic heterocycles. The largest absolute Gasteiger partial charge is 0.494 e. The van der Waals surface area contributed by atoms with Crippen molar-refractivity contribution in [2.24, 2.45) is 5.92 Å². The lowest BCUT2D eigenvalue weighted by Crippen LogP contribution is -2.10. The van der Waals surface area contributed by atoms with Gasteiger partial charge >= 0.3 is 0 Å². The van der Waals surface area contributed by atoms with E-state index in [1.165, 1.54) is 56.9 Å². The second kappa shape index (κ2) is 12.4. The summed E-state index contributed by atoms with van der Waals surface area (Å²) in [5.74, 6) is 2.80. The Morgan fingerprint density at radius 1 is 0.793 bits per heavy atom. The predicted molar refractivity (Wildman–Crippen MR) is 122 cm³/mol. The molecule has 2 aromatic rings. The van der Waals surface area contributed by atoms with Gasteiger partial charge in [-0.05, 0) is 60.7 Å². The van der Waals surface area contributed by atoms with E-state index >= 15 is 0 Å². The van der Waals surface area contributed by atoms with Crippen molar-refractivity contribution >= 4 is 5.69 Å². The molecular formula is C26H37NO2. The number of rotatable bonds is 12. The minimum Gasteiger partial charge on any atom is -0.494 e. The molecular weight excluding hydrogens is 358 g/mol. The second-order valence-corrected chi connectivity index (χ2v) is 8.22. The van der Waals surface area contributed by atoms with Gasteiger partial charge in [0, 0.05) is 12.2 Å². The number of hydrogen-bond acceptors (Lipinski definition) is 3. The Morgan fingerprint density at radius 2 is 1.45 bits per heavy atom. The molecule has 2 aromatic carbocycles. The van der Waals surface area contributed by atoms with E-state index < -0.39 is 0 Å². The summed E-state index contributed by atoms with van der Waals surface area (Å²) < 4.78 is 11.7. The van der Waals surface area contributed by atoms with Gasteiger partial charge in [-0.1, -0.05) is 64.0 Å². The third-order valence-electron chi connectivity index (χ3n) is 5.81. The standard InChI is InChI=1S/C26H37NO2/c1-2-3-7-19-28-25-14-10-23(11-15-25)21-27-24-12-16-26(17-13-24)29-20-18-22-8-5-4-6-9-22/h10-17,22,27H,2-9,18-21H2,1H3. The first-order valence-corrected chi connectivity index (χ1v) is 11.5. The molecule has 1 fully saturated rings. The van der Waals surface area contributed by atoms with Crippen molar-refractivity contribution in [3.8, 4) is 11.5 Å². The molecule has 0 atom stereocenters. The SMILES string of the molecule is CCCCCOc1ccc(CNc2ccc(OCCC3CCCCC3)cc2)cc1. The average Bonchev–Trinajstić information content (AvgIpc) is 2.78. The third kappa shape index (κ3) is 8.00. The highest BCUT2D eigenvalue weighted by molar-refractivity contribution is 5.47. The van der Waals surface area contributed by atoms with E-state index in [2.05, 4.69) is 60.8 Å². The predicted octanol–water partition coefficient (Wildman–Crippen LogP) is 7.22. The zero-order valence-corrected chi connectivity index (χ0v) is 18.0. The molecule has 3 rings (SSSR count). The van der Waals surface area contributed by atoms with Gasteiger partial charge < -0.3 is 14.8 Å². The Balaban J connectivity index is 1.35. The molecule has 1 aliphatic rings. The summed E-state index contributed by atoms with van der Waals surface area (Å²) in [7, 11) is 0. The minimum absolute atomic E-state index is 0.804. The summed E-state index contributed by atoms with van der Waals surface area (Å²) in [6.45, 7) is 4.66. The lowest BCUT2D eigenvalue weighted by atomic mass is 9.87. The van der Waals surface area contributed by atoms with Gasteiger partial charge in [0.05, 0.1) is 13.2 Å². The van der Waals surface area contributed by atoms with Crippen LogP contribution in [0.4, 0.5) is 5.69 Å². The smallest absolute Gasteiger partial charge is 0.119 e. The fraction of sp³-hybridized carbons (Fsp3) is 0.538. The van der Waals surface area contributed by atoms with Crippen molar-refractivity contribution in [1.82, 2.24) is 0 Å². The zero-order chi connectivity index (χ0) is 20.2. The van der Waals surface area contributed by atoms with Crippen molar-refractivity contribution in [2.45, 2.75) is 71.3 Å². The van der Waals surface area contributed by atoms with Crippen LogP contribution >= 0.6 is 0 Å². The molecule has 0 spiro atoms. The van der Waals surface area contributed by atoms with E-state index in [9.17, 15) is 0 Å². The Labute approximate surface area is 176 Å². The summed E-state index contributed by atoms with van der Waals surface area (Å²) in [5, 5.41) is 3.48. The minimum atomic E-state index is 0.804. The third-order valence-corrected chi connectivity index (χ3v) is 5.81. The topological polar surface area (TPSA) is 30.5 Å². The molecule has 29 heavy (non-hydrogen) atoms. The molecule has 1 saturated carbocycles. The van der Waals surface area contributed by atoms with Crippen LogP contribution in [0.25, 0.3) is 0 Å². The first-order valence-electron chi connectivity index (χ1n) is 11.5. The van der Waals surface area contributed by atoms with Gasteiger partial charge in [0.15, 0.2) is 0 Å². The van der Waals surface area contributed by atoms with E-state index in [0.29, 0.717) is 0 Å². The lowest BCUT2D eigenvalue weighted by molar-refractivity contribution is 0.246. The lowest BCUT2D eigenvalue weighted by Gasteiger charge is -2.21. The zero-order valence-electron chi connectivity index (χ0n) is 18.0. The van der Waals surface area contributed by atoms with Crippen LogP contribution in [0, 0.1) is 5.92 Å². The van der Waals surface area contributed by atoms with Gasteiger partial charge in [0.25, 0.3) is 0 Å². The van der Waals surface area contributed by atoms with E-state index in [-0.39, 0.29) is 0 Å². The van der Waals surface area contributed by atoms with Crippen LogP contribution in [0.5, 0.6) is 11.5 Å². The number of anilines is 1. The van der Waals surface area contributed by atoms with E-state index in [1.807, 2.05) is 0 Å². The van der Waals surface area contributed by atoms with Crippen LogP contribution in [0.2, 0.25) is 0 Å². The monoisotopic (exact) mass is 395 g/mol. The maximum Gasteiger partial charge on any atom is 0.119 e. The molecule has 0 radical (unpaired) electrons. The molecule has 1 aliphatic carbocycles. The average molecular weight is 396 g/mol. The van der Waals surface area contributed by atoms with Crippen LogP contribution in [0.3, 0.4) is 0 Å². The van der Waals surface area contributed by atoms with E-state index in [1.54, 1.807) is 0 Å².